The van der Waals surface area contributed by atoms with Crippen LogP contribution >= 0.6 is 0 Å². The van der Waals surface area contributed by atoms with Crippen LogP contribution in [-0.2, 0) is 11.0 Å². The van der Waals surface area contributed by atoms with Crippen molar-refractivity contribution in [3.05, 3.63) is 24.0 Å². The predicted molar refractivity (Wildman–Crippen MR) is 84.6 cm³/mol. The summed E-state index contributed by atoms with van der Waals surface area (Å²) in [5.41, 5.74) is -0.317. The van der Waals surface area contributed by atoms with Gasteiger partial charge in [0.1, 0.15) is 5.69 Å². The van der Waals surface area contributed by atoms with Crippen LogP contribution in [0.4, 0.5) is 18.9 Å². The van der Waals surface area contributed by atoms with Crippen molar-refractivity contribution >= 4 is 11.6 Å². The minimum atomic E-state index is -4.43. The van der Waals surface area contributed by atoms with Gasteiger partial charge in [-0.1, -0.05) is 6.42 Å². The van der Waals surface area contributed by atoms with Crippen LogP contribution < -0.4 is 4.90 Å². The SMILES string of the molecule is CN(C(=O)C1CCC1)C1CCN(c2ccnc(C(F)(F)F)c2)CC1. The molecule has 0 aromatic carbocycles. The Balaban J connectivity index is 1.60. The Kier molecular flexibility index (Phi) is 4.69. The molecule has 24 heavy (non-hydrogen) atoms. The highest BCUT2D eigenvalue weighted by Gasteiger charge is 2.34. The summed E-state index contributed by atoms with van der Waals surface area (Å²) < 4.78 is 38.3. The summed E-state index contributed by atoms with van der Waals surface area (Å²) in [6, 6.07) is 2.89. The molecule has 7 heteroatoms. The number of halogens is 3. The fraction of sp³-hybridized carbons (Fsp3) is 0.647. The van der Waals surface area contributed by atoms with E-state index in [1.165, 1.54) is 6.20 Å². The van der Waals surface area contributed by atoms with Crippen LogP contribution in [-0.4, -0.2) is 42.0 Å². The van der Waals surface area contributed by atoms with Crippen molar-refractivity contribution in [2.24, 2.45) is 5.92 Å². The summed E-state index contributed by atoms with van der Waals surface area (Å²) in [5.74, 6) is 0.408. The lowest BCUT2D eigenvalue weighted by atomic mass is 9.84. The van der Waals surface area contributed by atoms with E-state index in [1.54, 1.807) is 6.07 Å². The minimum absolute atomic E-state index is 0.179. The summed E-state index contributed by atoms with van der Waals surface area (Å²) in [6.07, 6.45) is 1.43. The molecule has 4 nitrogen and oxygen atoms in total. The van der Waals surface area contributed by atoms with Gasteiger partial charge in [-0.3, -0.25) is 9.78 Å². The minimum Gasteiger partial charge on any atom is -0.371 e. The third-order valence-electron chi connectivity index (χ3n) is 5.21. The molecule has 2 aliphatic rings. The Morgan fingerprint density at radius 3 is 2.46 bits per heavy atom. The van der Waals surface area contributed by atoms with E-state index in [1.807, 2.05) is 16.8 Å². The van der Waals surface area contributed by atoms with Crippen LogP contribution in [0.1, 0.15) is 37.8 Å². The summed E-state index contributed by atoms with van der Waals surface area (Å²) in [5, 5.41) is 0. The van der Waals surface area contributed by atoms with Gasteiger partial charge in [-0.15, -0.1) is 0 Å². The summed E-state index contributed by atoms with van der Waals surface area (Å²) in [7, 11) is 1.86. The number of pyridine rings is 1. The zero-order chi connectivity index (χ0) is 17.3. The van der Waals surface area contributed by atoms with Crippen LogP contribution in [0.2, 0.25) is 0 Å². The summed E-state index contributed by atoms with van der Waals surface area (Å²) in [6.45, 7) is 1.29. The Labute approximate surface area is 139 Å². The third-order valence-corrected chi connectivity index (χ3v) is 5.21. The summed E-state index contributed by atoms with van der Waals surface area (Å²) >= 11 is 0. The third kappa shape index (κ3) is 3.49. The van der Waals surface area contributed by atoms with Crippen molar-refractivity contribution in [2.45, 2.75) is 44.3 Å². The molecule has 1 saturated heterocycles. The molecule has 1 aromatic rings. The number of rotatable bonds is 3. The van der Waals surface area contributed by atoms with Gasteiger partial charge in [0.15, 0.2) is 0 Å². The number of carbonyl (C=O) groups excluding carboxylic acids is 1. The van der Waals surface area contributed by atoms with E-state index < -0.39 is 11.9 Å². The fourth-order valence-corrected chi connectivity index (χ4v) is 3.41. The van der Waals surface area contributed by atoms with Gasteiger partial charge in [0.05, 0.1) is 0 Å². The lowest BCUT2D eigenvalue weighted by Crippen LogP contribution is -2.48. The smallest absolute Gasteiger partial charge is 0.371 e. The average Bonchev–Trinajstić information content (AvgIpc) is 2.52. The van der Waals surface area contributed by atoms with Crippen LogP contribution in [0, 0.1) is 5.92 Å². The molecular formula is C17H22F3N3O. The second kappa shape index (κ2) is 6.61. The molecule has 0 radical (unpaired) electrons. The van der Waals surface area contributed by atoms with Crippen molar-refractivity contribution in [3.63, 3.8) is 0 Å². The normalized spacial score (nSPS) is 19.9. The van der Waals surface area contributed by atoms with Crippen LogP contribution in [0.3, 0.4) is 0 Å². The van der Waals surface area contributed by atoms with E-state index in [9.17, 15) is 18.0 Å². The number of piperidine rings is 1. The molecule has 2 fully saturated rings. The highest BCUT2D eigenvalue weighted by molar-refractivity contribution is 5.79. The Morgan fingerprint density at radius 2 is 1.92 bits per heavy atom. The molecule has 2 heterocycles. The van der Waals surface area contributed by atoms with E-state index in [0.717, 1.165) is 38.2 Å². The molecule has 1 aromatic heterocycles. The predicted octanol–water partition coefficient (Wildman–Crippen LogP) is 3.33. The van der Waals surface area contributed by atoms with Gasteiger partial charge in [0.25, 0.3) is 0 Å². The van der Waals surface area contributed by atoms with Crippen LogP contribution in [0.15, 0.2) is 18.3 Å². The maximum Gasteiger partial charge on any atom is 0.433 e. The first-order valence-electron chi connectivity index (χ1n) is 8.41. The van der Waals surface area contributed by atoms with E-state index in [4.69, 9.17) is 0 Å². The zero-order valence-corrected chi connectivity index (χ0v) is 13.7. The molecule has 0 N–H and O–H groups in total. The Hall–Kier alpha value is -1.79. The van der Waals surface area contributed by atoms with Gasteiger partial charge in [-0.05, 0) is 37.8 Å². The maximum atomic E-state index is 12.8. The lowest BCUT2D eigenvalue weighted by molar-refractivity contribution is -0.141. The number of nitrogens with zero attached hydrogens (tertiary/aromatic N) is 3. The van der Waals surface area contributed by atoms with Crippen molar-refractivity contribution < 1.29 is 18.0 Å². The second-order valence-electron chi connectivity index (χ2n) is 6.69. The molecule has 1 saturated carbocycles. The molecule has 0 atom stereocenters. The van der Waals surface area contributed by atoms with Crippen molar-refractivity contribution in [1.29, 1.82) is 0 Å². The lowest BCUT2D eigenvalue weighted by Gasteiger charge is -2.40. The van der Waals surface area contributed by atoms with Crippen molar-refractivity contribution in [3.8, 4) is 0 Å². The maximum absolute atomic E-state index is 12.8. The van der Waals surface area contributed by atoms with E-state index in [-0.39, 0.29) is 17.9 Å². The number of hydrogen-bond donors (Lipinski definition) is 0. The number of amides is 1. The first-order valence-corrected chi connectivity index (χ1v) is 8.41. The number of aromatic nitrogens is 1. The largest absolute Gasteiger partial charge is 0.433 e. The molecule has 1 aliphatic heterocycles. The number of alkyl halides is 3. The van der Waals surface area contributed by atoms with E-state index in [0.29, 0.717) is 18.8 Å². The van der Waals surface area contributed by atoms with Crippen molar-refractivity contribution in [1.82, 2.24) is 9.88 Å². The zero-order valence-electron chi connectivity index (χ0n) is 13.7. The van der Waals surface area contributed by atoms with Gasteiger partial charge >= 0.3 is 6.18 Å². The second-order valence-corrected chi connectivity index (χ2v) is 6.69. The molecule has 132 valence electrons. The molecule has 3 rings (SSSR count). The Morgan fingerprint density at radius 1 is 1.25 bits per heavy atom. The first-order chi connectivity index (χ1) is 11.4. The Bertz CT molecular complexity index is 593. The van der Waals surface area contributed by atoms with Gasteiger partial charge in [0, 0.05) is 44.0 Å². The molecule has 1 amide bonds. The number of anilines is 1. The van der Waals surface area contributed by atoms with Gasteiger partial charge in [-0.25, -0.2) is 0 Å². The van der Waals surface area contributed by atoms with Crippen LogP contribution in [0.5, 0.6) is 0 Å². The van der Waals surface area contributed by atoms with Gasteiger partial charge in [-0.2, -0.15) is 13.2 Å². The monoisotopic (exact) mass is 341 g/mol. The summed E-state index contributed by atoms with van der Waals surface area (Å²) in [4.78, 5) is 19.5. The fourth-order valence-electron chi connectivity index (χ4n) is 3.41. The quantitative estimate of drug-likeness (QED) is 0.846. The van der Waals surface area contributed by atoms with E-state index >= 15 is 0 Å². The number of carbonyl (C=O) groups is 1. The number of hydrogen-bond acceptors (Lipinski definition) is 3. The van der Waals surface area contributed by atoms with Gasteiger partial charge in [0.2, 0.25) is 5.91 Å². The van der Waals surface area contributed by atoms with E-state index in [2.05, 4.69) is 4.98 Å². The highest BCUT2D eigenvalue weighted by atomic mass is 19.4. The molecule has 0 bridgehead atoms. The van der Waals surface area contributed by atoms with Crippen LogP contribution in [0.25, 0.3) is 0 Å². The van der Waals surface area contributed by atoms with Crippen molar-refractivity contribution in [2.75, 3.05) is 25.0 Å². The molecule has 1 aliphatic carbocycles. The first kappa shape index (κ1) is 17.0. The topological polar surface area (TPSA) is 36.4 Å². The average molecular weight is 341 g/mol. The molecule has 0 spiro atoms. The van der Waals surface area contributed by atoms with Gasteiger partial charge < -0.3 is 9.80 Å². The standard InChI is InChI=1S/C17H22F3N3O/c1-22(16(24)12-3-2-4-12)13-6-9-23(10-7-13)14-5-8-21-15(11-14)17(18,19)20/h5,8,11-13H,2-4,6-7,9-10H2,1H3. The molecular weight excluding hydrogens is 319 g/mol. The highest BCUT2D eigenvalue weighted by Crippen LogP contribution is 2.32. The molecule has 0 unspecified atom stereocenters.